The predicted molar refractivity (Wildman–Crippen MR) is 394 cm³/mol. The van der Waals surface area contributed by atoms with E-state index in [2.05, 4.69) is 28.2 Å². The predicted octanol–water partition coefficient (Wildman–Crippen LogP) is 19.3. The first-order chi connectivity index (χ1) is 48.6. The third-order valence-electron chi connectivity index (χ3n) is 17.1. The van der Waals surface area contributed by atoms with Crippen molar-refractivity contribution < 1.29 is 47.2 Å². The first-order valence-corrected chi connectivity index (χ1v) is 33.0. The van der Waals surface area contributed by atoms with Gasteiger partial charge in [-0.1, -0.05) is 103 Å². The molecule has 12 rings (SSSR count). The molecule has 5 amide bonds. The van der Waals surface area contributed by atoms with Crippen molar-refractivity contribution in [3.8, 4) is 0 Å². The minimum Gasteiger partial charge on any atom is -0.478 e. The van der Waals surface area contributed by atoms with Crippen LogP contribution in [0.2, 0.25) is 15.1 Å². The third kappa shape index (κ3) is 18.1. The molecule has 500 valence electrons. The normalized spacial score (nSPS) is 17.8. The van der Waals surface area contributed by atoms with Crippen molar-refractivity contribution in [3.63, 3.8) is 0 Å². The molecule has 0 spiro atoms. The van der Waals surface area contributed by atoms with Gasteiger partial charge in [0.1, 0.15) is 0 Å². The zero-order chi connectivity index (χ0) is 75.0. The Morgan fingerprint density at radius 2 is 0.804 bits per heavy atom. The Morgan fingerprint density at radius 1 is 0.433 bits per heavy atom. The molecule has 9 aromatic carbocycles. The van der Waals surface area contributed by atoms with Gasteiger partial charge in [0, 0.05) is 110 Å². The second-order valence-corrected chi connectivity index (χ2v) is 25.5. The zero-order valence-corrected chi connectivity index (χ0v) is 57.4. The van der Waals surface area contributed by atoms with Gasteiger partial charge in [-0.2, -0.15) is 0 Å². The van der Waals surface area contributed by atoms with Gasteiger partial charge in [0.2, 0.25) is 0 Å². The molecule has 0 aromatic heterocycles. The lowest BCUT2D eigenvalue weighted by atomic mass is 9.96. The summed E-state index contributed by atoms with van der Waals surface area (Å²) in [6.45, 7) is 9.79. The van der Waals surface area contributed by atoms with Gasteiger partial charge in [-0.15, -0.1) is 0 Å². The number of aromatic carboxylic acids is 1. The maximum atomic E-state index is 13.7. The number of anilines is 6. The summed E-state index contributed by atoms with van der Waals surface area (Å²) in [5.41, 5.74) is 12.9. The number of amides is 5. The van der Waals surface area contributed by atoms with Crippen molar-refractivity contribution in [3.05, 3.63) is 281 Å². The summed E-state index contributed by atoms with van der Waals surface area (Å²) in [4.78, 5) is 78.1. The van der Waals surface area contributed by atoms with E-state index in [1.165, 1.54) is 11.0 Å². The standard InChI is InChI=1S/C27H27ClN2O2.C26H25ClN2O3.C16H15NO3.C11H14ClN/c1-17-7-4-5-9-22(17)26(31)29-21-11-12-23(19(3)15-21)27(32)30-14-6-8-18(2)24-16-20(28)10-13-25(24)30;1-16-6-3-4-7-20(16)25(31)28-19-10-11-21(17(2)14-19)26(32)29-13-5-8-24(30)22-15-18(27)9-12-23(22)29;1-10-5-3-4-6-13(10)15(18)17-12-7-8-14(16(19)20)11(2)9-12;1-8-3-2-6-13-11-5-4-9(12)7-10(8)11/h4-5,7,9-13,15-16,18H,6,8,14H2,1-3H3,(H,29,31);3-4,6-7,9-12,14-15,24,30H,5,8,13H2,1-2H3,(H,28,31);3-9H,1-2H3,(H,17,18)(H,19,20);4-5,7-8,13H,2-3,6H2,1H3/i14D2;13D2;;6D2. The maximum absolute atomic E-state index is 13.7. The van der Waals surface area contributed by atoms with Crippen LogP contribution < -0.4 is 31.1 Å². The smallest absolute Gasteiger partial charge is 0.335 e. The molecule has 6 N–H and O–H groups in total. The van der Waals surface area contributed by atoms with Crippen molar-refractivity contribution in [2.45, 2.75) is 112 Å². The second-order valence-electron chi connectivity index (χ2n) is 24.2. The number of aryl methyl sites for hydroxylation is 6. The average molecular weight is 1370 g/mol. The number of rotatable bonds is 9. The number of carboxylic acid groups (broad SMARTS) is 1. The van der Waals surface area contributed by atoms with Gasteiger partial charge >= 0.3 is 5.97 Å². The minimum atomic E-state index is -2.01. The number of carbonyl (C=O) groups excluding carboxylic acids is 5. The van der Waals surface area contributed by atoms with Gasteiger partial charge < -0.3 is 41.3 Å². The molecule has 0 fully saturated rings. The Hall–Kier alpha value is -9.57. The fourth-order valence-electron chi connectivity index (χ4n) is 11.6. The Kier molecular flexibility index (Phi) is 21.5. The van der Waals surface area contributed by atoms with Crippen LogP contribution in [0.25, 0.3) is 0 Å². The maximum Gasteiger partial charge on any atom is 0.335 e. The molecule has 3 heterocycles. The van der Waals surface area contributed by atoms with Crippen LogP contribution in [-0.4, -0.2) is 65.2 Å². The van der Waals surface area contributed by atoms with E-state index in [9.17, 15) is 33.9 Å². The molecule has 3 unspecified atom stereocenters. The molecule has 9 aromatic rings. The number of aliphatic hydroxyl groups excluding tert-OH is 1. The molecule has 17 heteroatoms. The van der Waals surface area contributed by atoms with Crippen molar-refractivity contribution in [1.82, 2.24) is 0 Å². The van der Waals surface area contributed by atoms with Crippen molar-refractivity contribution in [2.24, 2.45) is 0 Å². The lowest BCUT2D eigenvalue weighted by Gasteiger charge is -2.25. The van der Waals surface area contributed by atoms with Crippen LogP contribution in [0.5, 0.6) is 0 Å². The average Bonchev–Trinajstić information content (AvgIpc) is 1.73. The molecule has 0 aliphatic carbocycles. The quantitative estimate of drug-likeness (QED) is 0.0814. The number of nitrogens with one attached hydrogen (secondary N) is 4. The lowest BCUT2D eigenvalue weighted by Crippen LogP contribution is -2.32. The number of halogens is 3. The Labute approximate surface area is 591 Å². The van der Waals surface area contributed by atoms with Crippen LogP contribution in [0, 0.1) is 41.5 Å². The van der Waals surface area contributed by atoms with E-state index in [1.807, 2.05) is 88.4 Å². The van der Waals surface area contributed by atoms with Crippen LogP contribution in [0.1, 0.15) is 191 Å². The first kappa shape index (κ1) is 63.5. The van der Waals surface area contributed by atoms with Gasteiger partial charge in [0.05, 0.1) is 11.7 Å². The highest BCUT2D eigenvalue weighted by atomic mass is 35.5. The molecular formula is C80H81Cl3N6O8. The fourth-order valence-corrected chi connectivity index (χ4v) is 12.1. The molecule has 3 atom stereocenters. The van der Waals surface area contributed by atoms with Crippen LogP contribution in [-0.2, 0) is 0 Å². The molecule has 97 heavy (non-hydrogen) atoms. The molecule has 3 aliphatic rings. The Bertz CT molecular complexity index is 4530. The number of carbonyl (C=O) groups is 6. The number of aliphatic hydroxyl groups is 1. The highest BCUT2D eigenvalue weighted by Crippen LogP contribution is 2.39. The SMILES string of the molecule is Cc1cc(NC(=O)c2ccccc2C)ccc1C(=O)O.[2H]C1([2H])CCC(C)c2cc(Cl)ccc2N1.[2H]C1([2H])CCC(C)c2cc(Cl)ccc2N1C(=O)c1ccc(NC(=O)c2ccccc2C)cc1C.[2H]C1([2H])CCC(O)c2cc(Cl)ccc2N1C(=O)c1ccc(NC(=O)c2ccccc2C)cc1C. The summed E-state index contributed by atoms with van der Waals surface area (Å²) in [7, 11) is 0. The van der Waals surface area contributed by atoms with E-state index >= 15 is 0 Å². The topological polar surface area (TPSA) is 197 Å². The van der Waals surface area contributed by atoms with Gasteiger partial charge in [0.15, 0.2) is 0 Å². The fraction of sp³-hybridized carbons (Fsp3) is 0.250. The third-order valence-corrected chi connectivity index (χ3v) is 17.8. The zero-order valence-electron chi connectivity index (χ0n) is 61.2. The van der Waals surface area contributed by atoms with Crippen molar-refractivity contribution in [2.75, 3.05) is 50.6 Å². The van der Waals surface area contributed by atoms with E-state index in [4.69, 9.17) is 48.1 Å². The molecule has 0 saturated carbocycles. The number of fused-ring (bicyclic) bond motifs is 3. The van der Waals surface area contributed by atoms with Gasteiger partial charge in [-0.05, 0) is 264 Å². The van der Waals surface area contributed by atoms with Gasteiger partial charge in [-0.25, -0.2) is 4.79 Å². The van der Waals surface area contributed by atoms with Crippen LogP contribution in [0.4, 0.5) is 34.1 Å². The highest BCUT2D eigenvalue weighted by molar-refractivity contribution is 6.31. The summed E-state index contributed by atoms with van der Waals surface area (Å²) < 4.78 is 50.0. The van der Waals surface area contributed by atoms with Crippen molar-refractivity contribution in [1.29, 1.82) is 0 Å². The van der Waals surface area contributed by atoms with Crippen LogP contribution in [0.3, 0.4) is 0 Å². The van der Waals surface area contributed by atoms with E-state index in [0.29, 0.717) is 112 Å². The molecule has 0 bridgehead atoms. The largest absolute Gasteiger partial charge is 0.478 e. The lowest BCUT2D eigenvalue weighted by molar-refractivity contribution is 0.0695. The Morgan fingerprint density at radius 3 is 1.24 bits per heavy atom. The van der Waals surface area contributed by atoms with Gasteiger partial charge in [-0.3, -0.25) is 24.0 Å². The molecular weight excluding hydrogens is 1280 g/mol. The van der Waals surface area contributed by atoms with Crippen LogP contribution in [0.15, 0.2) is 182 Å². The molecule has 14 nitrogen and oxygen atoms in total. The summed E-state index contributed by atoms with van der Waals surface area (Å²) in [6.07, 6.45) is 1.39. The molecule has 0 radical (unpaired) electrons. The number of hydrogen-bond donors (Lipinski definition) is 6. The van der Waals surface area contributed by atoms with E-state index in [-0.39, 0.29) is 48.5 Å². The molecule has 0 saturated heterocycles. The van der Waals surface area contributed by atoms with E-state index in [0.717, 1.165) is 44.8 Å². The number of carboxylic acids is 1. The minimum absolute atomic E-state index is 0.0319. The number of nitrogens with zero attached hydrogens (tertiary/aromatic N) is 2. The van der Waals surface area contributed by atoms with Crippen LogP contribution >= 0.6 is 34.8 Å². The summed E-state index contributed by atoms with van der Waals surface area (Å²) in [6, 6.07) is 52.1. The first-order valence-electron chi connectivity index (χ1n) is 34.8. The van der Waals surface area contributed by atoms with Gasteiger partial charge in [0.25, 0.3) is 29.5 Å². The molecule has 3 aliphatic heterocycles. The summed E-state index contributed by atoms with van der Waals surface area (Å²) in [5, 5.41) is 32.6. The summed E-state index contributed by atoms with van der Waals surface area (Å²) >= 11 is 18.3. The second kappa shape index (κ2) is 32.9. The Balaban J connectivity index is 0.000000167. The monoisotopic (exact) mass is 1360 g/mol. The highest BCUT2D eigenvalue weighted by Gasteiger charge is 2.29. The van der Waals surface area contributed by atoms with Crippen molar-refractivity contribution >= 4 is 104 Å². The number of hydrogen-bond acceptors (Lipinski definition) is 8. The van der Waals surface area contributed by atoms with E-state index < -0.39 is 43.4 Å². The number of benzene rings is 9. The summed E-state index contributed by atoms with van der Waals surface area (Å²) in [5.74, 6) is -2.18. The van der Waals surface area contributed by atoms with E-state index in [1.54, 1.807) is 136 Å².